The van der Waals surface area contributed by atoms with Gasteiger partial charge in [0.05, 0.1) is 10.6 Å². The summed E-state index contributed by atoms with van der Waals surface area (Å²) in [7, 11) is 0. The maximum absolute atomic E-state index is 11.8. The Morgan fingerprint density at radius 2 is 2.29 bits per heavy atom. The third-order valence-electron chi connectivity index (χ3n) is 2.19. The average Bonchev–Trinajstić information content (AvgIpc) is 2.28. The number of pyridine rings is 1. The Morgan fingerprint density at radius 1 is 1.59 bits per heavy atom. The Bertz CT molecular complexity index is 423. The molecule has 0 aromatic carbocycles. The first-order valence-corrected chi connectivity index (χ1v) is 5.57. The Hall–Kier alpha value is -1.62. The number of aromatic nitrogens is 1. The van der Waals surface area contributed by atoms with Gasteiger partial charge in [-0.05, 0) is 12.5 Å². The van der Waals surface area contributed by atoms with E-state index in [0.29, 0.717) is 12.8 Å². The molecule has 5 nitrogen and oxygen atoms in total. The molecule has 0 unspecified atom stereocenters. The molecule has 0 aliphatic heterocycles. The number of carbonyl (C=O) groups is 2. The fourth-order valence-electron chi connectivity index (χ4n) is 1.33. The second-order valence-electron chi connectivity index (χ2n) is 3.51. The molecule has 2 N–H and O–H groups in total. The van der Waals surface area contributed by atoms with Crippen LogP contribution in [0.3, 0.4) is 0 Å². The van der Waals surface area contributed by atoms with Crippen LogP contribution >= 0.6 is 11.6 Å². The highest BCUT2D eigenvalue weighted by molar-refractivity contribution is 6.33. The Balaban J connectivity index is 2.77. The lowest BCUT2D eigenvalue weighted by Gasteiger charge is -2.13. The minimum Gasteiger partial charge on any atom is -0.480 e. The van der Waals surface area contributed by atoms with E-state index < -0.39 is 17.9 Å². The SMILES string of the molecule is CCC[C@@H](NC(=O)c1cnccc1Cl)C(=O)O. The molecule has 0 fully saturated rings. The molecule has 0 radical (unpaired) electrons. The summed E-state index contributed by atoms with van der Waals surface area (Å²) in [6.45, 7) is 1.85. The molecular formula is C11H13ClN2O3. The van der Waals surface area contributed by atoms with Crippen molar-refractivity contribution >= 4 is 23.5 Å². The fraction of sp³-hybridized carbons (Fsp3) is 0.364. The molecule has 1 amide bonds. The van der Waals surface area contributed by atoms with Gasteiger partial charge in [0.25, 0.3) is 5.91 Å². The van der Waals surface area contributed by atoms with Crippen molar-refractivity contribution in [2.24, 2.45) is 0 Å². The van der Waals surface area contributed by atoms with Gasteiger partial charge in [0, 0.05) is 12.4 Å². The smallest absolute Gasteiger partial charge is 0.326 e. The summed E-state index contributed by atoms with van der Waals surface area (Å²) in [5, 5.41) is 11.6. The van der Waals surface area contributed by atoms with Crippen LogP contribution in [-0.4, -0.2) is 28.0 Å². The van der Waals surface area contributed by atoms with Crippen molar-refractivity contribution in [1.82, 2.24) is 10.3 Å². The zero-order valence-electron chi connectivity index (χ0n) is 9.31. The summed E-state index contributed by atoms with van der Waals surface area (Å²) in [6.07, 6.45) is 3.80. The number of hydrogen-bond donors (Lipinski definition) is 2. The minimum atomic E-state index is -1.06. The van der Waals surface area contributed by atoms with Crippen molar-refractivity contribution in [3.05, 3.63) is 29.0 Å². The molecule has 1 rings (SSSR count). The molecule has 1 atom stereocenters. The van der Waals surface area contributed by atoms with Crippen molar-refractivity contribution in [2.75, 3.05) is 0 Å². The second kappa shape index (κ2) is 6.20. The van der Waals surface area contributed by atoms with E-state index in [1.54, 1.807) is 0 Å². The van der Waals surface area contributed by atoms with Crippen molar-refractivity contribution < 1.29 is 14.7 Å². The monoisotopic (exact) mass is 256 g/mol. The summed E-state index contributed by atoms with van der Waals surface area (Å²) in [6, 6.07) is 0.579. The first-order valence-electron chi connectivity index (χ1n) is 5.19. The summed E-state index contributed by atoms with van der Waals surface area (Å²) < 4.78 is 0. The lowest BCUT2D eigenvalue weighted by atomic mass is 10.1. The van der Waals surface area contributed by atoms with Gasteiger partial charge in [-0.3, -0.25) is 9.78 Å². The summed E-state index contributed by atoms with van der Waals surface area (Å²) in [4.78, 5) is 26.4. The van der Waals surface area contributed by atoms with E-state index in [9.17, 15) is 9.59 Å². The number of carbonyl (C=O) groups excluding carboxylic acids is 1. The van der Waals surface area contributed by atoms with E-state index in [2.05, 4.69) is 10.3 Å². The number of halogens is 1. The molecular weight excluding hydrogens is 244 g/mol. The highest BCUT2D eigenvalue weighted by Gasteiger charge is 2.20. The predicted octanol–water partition coefficient (Wildman–Crippen LogP) is 1.72. The first kappa shape index (κ1) is 13.4. The van der Waals surface area contributed by atoms with Crippen LogP contribution in [-0.2, 0) is 4.79 Å². The normalized spacial score (nSPS) is 11.9. The maximum atomic E-state index is 11.8. The fourth-order valence-corrected chi connectivity index (χ4v) is 1.52. The quantitative estimate of drug-likeness (QED) is 0.841. The van der Waals surface area contributed by atoms with Gasteiger partial charge < -0.3 is 10.4 Å². The number of nitrogens with zero attached hydrogens (tertiary/aromatic N) is 1. The Morgan fingerprint density at radius 3 is 2.82 bits per heavy atom. The molecule has 0 aliphatic rings. The maximum Gasteiger partial charge on any atom is 0.326 e. The lowest BCUT2D eigenvalue weighted by Crippen LogP contribution is -2.40. The third kappa shape index (κ3) is 3.71. The summed E-state index contributed by atoms with van der Waals surface area (Å²) in [5.74, 6) is -1.58. The van der Waals surface area contributed by atoms with E-state index in [1.165, 1.54) is 18.5 Å². The molecule has 1 aromatic heterocycles. The number of carboxylic acids is 1. The van der Waals surface area contributed by atoms with Crippen LogP contribution in [0, 0.1) is 0 Å². The Kier molecular flexibility index (Phi) is 4.90. The first-order chi connectivity index (χ1) is 8.06. The molecule has 6 heteroatoms. The standard InChI is InChI=1S/C11H13ClN2O3/c1-2-3-9(11(16)17)14-10(15)7-6-13-5-4-8(7)12/h4-6,9H,2-3H2,1H3,(H,14,15)(H,16,17)/t9-/m1/s1. The van der Waals surface area contributed by atoms with Crippen LogP contribution in [0.2, 0.25) is 5.02 Å². The number of aliphatic carboxylic acids is 1. The van der Waals surface area contributed by atoms with E-state index >= 15 is 0 Å². The van der Waals surface area contributed by atoms with Crippen molar-refractivity contribution in [3.8, 4) is 0 Å². The molecule has 1 aromatic rings. The number of carboxylic acid groups (broad SMARTS) is 1. The minimum absolute atomic E-state index is 0.177. The molecule has 0 aliphatic carbocycles. The van der Waals surface area contributed by atoms with E-state index in [-0.39, 0.29) is 10.6 Å². The van der Waals surface area contributed by atoms with Gasteiger partial charge in [-0.2, -0.15) is 0 Å². The zero-order valence-corrected chi connectivity index (χ0v) is 10.1. The highest BCUT2D eigenvalue weighted by Crippen LogP contribution is 2.13. The molecule has 0 spiro atoms. The summed E-state index contributed by atoms with van der Waals surface area (Å²) in [5.41, 5.74) is 0.177. The topological polar surface area (TPSA) is 79.3 Å². The average molecular weight is 257 g/mol. The number of nitrogens with one attached hydrogen (secondary N) is 1. The van der Waals surface area contributed by atoms with Gasteiger partial charge in [-0.15, -0.1) is 0 Å². The van der Waals surface area contributed by atoms with Gasteiger partial charge in [0.15, 0.2) is 0 Å². The molecule has 17 heavy (non-hydrogen) atoms. The highest BCUT2D eigenvalue weighted by atomic mass is 35.5. The largest absolute Gasteiger partial charge is 0.480 e. The molecule has 1 heterocycles. The van der Waals surface area contributed by atoms with Gasteiger partial charge in [-0.1, -0.05) is 24.9 Å². The van der Waals surface area contributed by atoms with Crippen LogP contribution in [0.4, 0.5) is 0 Å². The van der Waals surface area contributed by atoms with Crippen molar-refractivity contribution in [1.29, 1.82) is 0 Å². The van der Waals surface area contributed by atoms with Crippen LogP contribution in [0.15, 0.2) is 18.5 Å². The third-order valence-corrected chi connectivity index (χ3v) is 2.52. The lowest BCUT2D eigenvalue weighted by molar-refractivity contribution is -0.139. The number of amides is 1. The van der Waals surface area contributed by atoms with E-state index in [1.807, 2.05) is 6.92 Å². The van der Waals surface area contributed by atoms with Crippen molar-refractivity contribution in [3.63, 3.8) is 0 Å². The van der Waals surface area contributed by atoms with Crippen LogP contribution in [0.25, 0.3) is 0 Å². The van der Waals surface area contributed by atoms with Gasteiger partial charge >= 0.3 is 5.97 Å². The van der Waals surface area contributed by atoms with Crippen LogP contribution in [0.5, 0.6) is 0 Å². The van der Waals surface area contributed by atoms with E-state index in [4.69, 9.17) is 16.7 Å². The molecule has 0 saturated heterocycles. The van der Waals surface area contributed by atoms with Gasteiger partial charge in [0.1, 0.15) is 6.04 Å². The molecule has 92 valence electrons. The summed E-state index contributed by atoms with van der Waals surface area (Å²) >= 11 is 5.81. The predicted molar refractivity (Wildman–Crippen MR) is 63.0 cm³/mol. The van der Waals surface area contributed by atoms with Crippen LogP contribution in [0.1, 0.15) is 30.1 Å². The second-order valence-corrected chi connectivity index (χ2v) is 3.92. The number of rotatable bonds is 5. The van der Waals surface area contributed by atoms with Gasteiger partial charge in [-0.25, -0.2) is 4.79 Å². The molecule has 0 saturated carbocycles. The van der Waals surface area contributed by atoms with Crippen LogP contribution < -0.4 is 5.32 Å². The Labute approximate surface area is 104 Å². The van der Waals surface area contributed by atoms with E-state index in [0.717, 1.165) is 0 Å². The molecule has 0 bridgehead atoms. The number of hydrogen-bond acceptors (Lipinski definition) is 3. The van der Waals surface area contributed by atoms with Crippen molar-refractivity contribution in [2.45, 2.75) is 25.8 Å². The zero-order chi connectivity index (χ0) is 12.8. The van der Waals surface area contributed by atoms with Gasteiger partial charge in [0.2, 0.25) is 0 Å².